The second kappa shape index (κ2) is 9.87. The van der Waals surface area contributed by atoms with Gasteiger partial charge in [-0.15, -0.1) is 0 Å². The summed E-state index contributed by atoms with van der Waals surface area (Å²) in [5, 5.41) is 3.88. The van der Waals surface area contributed by atoms with Crippen molar-refractivity contribution >= 4 is 28.1 Å². The van der Waals surface area contributed by atoms with Gasteiger partial charge in [0.05, 0.1) is 5.52 Å². The molecule has 35 heavy (non-hydrogen) atoms. The lowest BCUT2D eigenvalue weighted by atomic mass is 10.2. The van der Waals surface area contributed by atoms with E-state index in [4.69, 9.17) is 0 Å². The van der Waals surface area contributed by atoms with Crippen LogP contribution in [-0.4, -0.2) is 64.3 Å². The van der Waals surface area contributed by atoms with Crippen LogP contribution in [0.25, 0.3) is 16.6 Å². The van der Waals surface area contributed by atoms with Crippen LogP contribution in [-0.2, 0) is 11.3 Å². The van der Waals surface area contributed by atoms with Crippen molar-refractivity contribution in [2.75, 3.05) is 44.2 Å². The molecule has 0 bridgehead atoms. The molecule has 0 radical (unpaired) electrons. The Morgan fingerprint density at radius 3 is 2.57 bits per heavy atom. The molecule has 0 spiro atoms. The molecule has 3 heterocycles. The zero-order valence-electron chi connectivity index (χ0n) is 19.8. The Kier molecular flexibility index (Phi) is 6.50. The fourth-order valence-corrected chi connectivity index (χ4v) is 4.83. The summed E-state index contributed by atoms with van der Waals surface area (Å²) in [5.41, 5.74) is 2.94. The minimum Gasteiger partial charge on any atom is -0.369 e. The highest BCUT2D eigenvalue weighted by Crippen LogP contribution is 2.21. The van der Waals surface area contributed by atoms with E-state index in [9.17, 15) is 14.0 Å². The Labute approximate surface area is 202 Å². The number of carbonyl (C=O) groups is 1. The molecule has 1 fully saturated rings. The maximum Gasteiger partial charge on any atom is 0.273 e. The molecule has 2 aromatic carbocycles. The van der Waals surface area contributed by atoms with E-state index in [0.29, 0.717) is 12.2 Å². The van der Waals surface area contributed by atoms with E-state index in [0.717, 1.165) is 61.4 Å². The number of rotatable bonds is 7. The molecule has 2 aromatic heterocycles. The summed E-state index contributed by atoms with van der Waals surface area (Å²) >= 11 is 0. The molecule has 4 aromatic rings. The van der Waals surface area contributed by atoms with Crippen molar-refractivity contribution in [2.24, 2.45) is 0 Å². The average molecular weight is 477 g/mol. The molecule has 0 atom stereocenters. The van der Waals surface area contributed by atoms with E-state index < -0.39 is 0 Å². The Bertz CT molecular complexity index is 1400. The van der Waals surface area contributed by atoms with Gasteiger partial charge in [-0.3, -0.25) is 19.2 Å². The fourth-order valence-electron chi connectivity index (χ4n) is 4.83. The molecule has 9 heteroatoms. The molecule has 8 nitrogen and oxygen atoms in total. The maximum atomic E-state index is 13.1. The van der Waals surface area contributed by atoms with Crippen molar-refractivity contribution in [2.45, 2.75) is 19.9 Å². The molecular formula is C26H29FN6O2. The largest absolute Gasteiger partial charge is 0.369 e. The highest BCUT2D eigenvalue weighted by Gasteiger charge is 2.18. The highest BCUT2D eigenvalue weighted by molar-refractivity contribution is 5.93. The molecule has 1 aliphatic heterocycles. The third-order valence-corrected chi connectivity index (χ3v) is 6.58. The van der Waals surface area contributed by atoms with Crippen LogP contribution in [0.15, 0.2) is 59.4 Å². The van der Waals surface area contributed by atoms with Gasteiger partial charge in [-0.25, -0.2) is 8.91 Å². The number of piperazine rings is 1. The number of benzene rings is 2. The third kappa shape index (κ3) is 4.90. The van der Waals surface area contributed by atoms with Crippen molar-refractivity contribution < 1.29 is 9.18 Å². The quantitative estimate of drug-likeness (QED) is 0.415. The van der Waals surface area contributed by atoms with E-state index in [1.807, 2.05) is 52.5 Å². The van der Waals surface area contributed by atoms with Gasteiger partial charge in [0.15, 0.2) is 5.65 Å². The normalized spacial score (nSPS) is 14.6. The molecule has 1 saturated heterocycles. The average Bonchev–Trinajstić information content (AvgIpc) is 3.16. The van der Waals surface area contributed by atoms with Gasteiger partial charge in [-0.2, -0.15) is 4.98 Å². The number of halogens is 1. The van der Waals surface area contributed by atoms with Crippen LogP contribution in [0.2, 0.25) is 0 Å². The van der Waals surface area contributed by atoms with Crippen molar-refractivity contribution in [3.05, 3.63) is 76.5 Å². The molecule has 0 unspecified atom stereocenters. The summed E-state index contributed by atoms with van der Waals surface area (Å²) < 4.78 is 16.9. The van der Waals surface area contributed by atoms with Crippen molar-refractivity contribution in [1.29, 1.82) is 0 Å². The van der Waals surface area contributed by atoms with E-state index >= 15 is 0 Å². The first kappa shape index (κ1) is 23.0. The summed E-state index contributed by atoms with van der Waals surface area (Å²) in [4.78, 5) is 33.6. The number of nitrogens with zero attached hydrogens (tertiary/aromatic N) is 5. The minimum absolute atomic E-state index is 0.0770. The van der Waals surface area contributed by atoms with Crippen molar-refractivity contribution in [3.8, 4) is 0 Å². The number of nitrogens with one attached hydrogen (secondary N) is 1. The van der Waals surface area contributed by atoms with Crippen molar-refractivity contribution in [3.63, 3.8) is 0 Å². The Balaban J connectivity index is 1.14. The third-order valence-electron chi connectivity index (χ3n) is 6.58. The van der Waals surface area contributed by atoms with Gasteiger partial charge in [-0.05, 0) is 56.3 Å². The highest BCUT2D eigenvalue weighted by atomic mass is 19.1. The number of carbonyl (C=O) groups excluding carboxylic acids is 1. The summed E-state index contributed by atoms with van der Waals surface area (Å²) in [6, 6.07) is 15.8. The van der Waals surface area contributed by atoms with Crippen LogP contribution in [0, 0.1) is 12.7 Å². The number of hydrogen-bond acceptors (Lipinski definition) is 5. The van der Waals surface area contributed by atoms with Crippen LogP contribution < -0.4 is 15.8 Å². The Hall–Kier alpha value is -3.72. The number of hydrogen-bond donors (Lipinski definition) is 1. The van der Waals surface area contributed by atoms with Crippen LogP contribution >= 0.6 is 0 Å². The van der Waals surface area contributed by atoms with Gasteiger partial charge in [0.25, 0.3) is 5.56 Å². The molecule has 1 amide bonds. The van der Waals surface area contributed by atoms with E-state index in [2.05, 4.69) is 20.1 Å². The smallest absolute Gasteiger partial charge is 0.273 e. The Morgan fingerprint density at radius 2 is 1.80 bits per heavy atom. The summed E-state index contributed by atoms with van der Waals surface area (Å²) in [7, 11) is 0. The summed E-state index contributed by atoms with van der Waals surface area (Å²) in [6.45, 7) is 7.19. The lowest BCUT2D eigenvalue weighted by Gasteiger charge is -2.36. The predicted octanol–water partition coefficient (Wildman–Crippen LogP) is 2.43. The molecule has 1 N–H and O–H groups in total. The fraction of sp³-hybridized carbons (Fsp3) is 0.346. The molecule has 0 saturated carbocycles. The summed E-state index contributed by atoms with van der Waals surface area (Å²) in [6.07, 6.45) is 0.864. The van der Waals surface area contributed by atoms with Crippen LogP contribution in [0.4, 0.5) is 10.1 Å². The monoisotopic (exact) mass is 476 g/mol. The van der Waals surface area contributed by atoms with E-state index in [1.54, 1.807) is 0 Å². The van der Waals surface area contributed by atoms with Gasteiger partial charge in [0, 0.05) is 55.6 Å². The van der Waals surface area contributed by atoms with Gasteiger partial charge < -0.3 is 10.2 Å². The lowest BCUT2D eigenvalue weighted by Crippen LogP contribution is -2.47. The van der Waals surface area contributed by atoms with Crippen LogP contribution in [0.1, 0.15) is 12.1 Å². The zero-order valence-corrected chi connectivity index (χ0v) is 19.8. The first-order valence-electron chi connectivity index (χ1n) is 12.0. The summed E-state index contributed by atoms with van der Waals surface area (Å²) in [5.74, 6) is -0.290. The second-order valence-electron chi connectivity index (χ2n) is 8.95. The zero-order chi connectivity index (χ0) is 24.4. The first-order valence-corrected chi connectivity index (χ1v) is 12.0. The lowest BCUT2D eigenvalue weighted by molar-refractivity contribution is -0.121. The number of aryl methyl sites for hydroxylation is 1. The molecule has 182 valence electrons. The predicted molar refractivity (Wildman–Crippen MR) is 134 cm³/mol. The van der Waals surface area contributed by atoms with E-state index in [-0.39, 0.29) is 23.8 Å². The van der Waals surface area contributed by atoms with Gasteiger partial charge in [0.2, 0.25) is 5.91 Å². The number of anilines is 1. The van der Waals surface area contributed by atoms with E-state index in [1.165, 1.54) is 18.2 Å². The van der Waals surface area contributed by atoms with Crippen LogP contribution in [0.3, 0.4) is 0 Å². The first-order chi connectivity index (χ1) is 17.0. The maximum absolute atomic E-state index is 13.1. The molecule has 1 aliphatic rings. The van der Waals surface area contributed by atoms with Gasteiger partial charge >= 0.3 is 0 Å². The number of fused-ring (bicyclic) bond motifs is 3. The molecule has 5 rings (SSSR count). The molecule has 0 aliphatic carbocycles. The van der Waals surface area contributed by atoms with Gasteiger partial charge in [0.1, 0.15) is 12.4 Å². The van der Waals surface area contributed by atoms with Crippen molar-refractivity contribution in [1.82, 2.24) is 24.4 Å². The minimum atomic E-state index is -0.284. The topological polar surface area (TPSA) is 74.9 Å². The van der Waals surface area contributed by atoms with Crippen LogP contribution in [0.5, 0.6) is 0 Å². The second-order valence-corrected chi connectivity index (χ2v) is 8.95. The number of para-hydroxylation sites is 1. The molecular weight excluding hydrogens is 447 g/mol. The van der Waals surface area contributed by atoms with Gasteiger partial charge in [-0.1, -0.05) is 12.1 Å². The number of amides is 1. The number of aromatic nitrogens is 3. The SMILES string of the molecule is Cc1cc(=O)nc2c3ccccc3n(CC(=O)NCCCN3CCN(c4ccc(F)cc4)CC3)n12. The standard InChI is InChI=1S/C26H29FN6O2/c1-19-17-24(34)29-26-22-5-2-3-6-23(22)32(33(19)26)18-25(35)28-11-4-12-30-13-15-31(16-14-30)21-9-7-20(27)8-10-21/h2-3,5-10,17H,4,11-16,18H2,1H3,(H,28,35). The Morgan fingerprint density at radius 1 is 1.06 bits per heavy atom.